The zero-order chi connectivity index (χ0) is 14.0. The number of rotatable bonds is 3. The molecular weight excluding hydrogens is 281 g/mol. The van der Waals surface area contributed by atoms with Gasteiger partial charge in [-0.2, -0.15) is 0 Å². The van der Waals surface area contributed by atoms with E-state index in [-0.39, 0.29) is 0 Å². The van der Waals surface area contributed by atoms with Crippen LogP contribution in [0.3, 0.4) is 0 Å². The van der Waals surface area contributed by atoms with Gasteiger partial charge < -0.3 is 4.74 Å². The summed E-state index contributed by atoms with van der Waals surface area (Å²) in [6.07, 6.45) is 1.73. The Morgan fingerprint density at radius 3 is 2.21 bits per heavy atom. The van der Waals surface area contributed by atoms with Gasteiger partial charge in [0.25, 0.3) is 0 Å². The van der Waals surface area contributed by atoms with Crippen molar-refractivity contribution in [2.24, 2.45) is 0 Å². The largest absolute Gasteiger partial charge is 0.439 e. The number of ether oxygens (including phenoxy) is 1. The molecule has 2 aromatic rings. The Bertz CT molecular complexity index is 588. The van der Waals surface area contributed by atoms with Crippen molar-refractivity contribution >= 4 is 23.2 Å². The number of aromatic nitrogens is 1. The van der Waals surface area contributed by atoms with Gasteiger partial charge in [-0.15, -0.1) is 11.6 Å². The fourth-order valence-corrected chi connectivity index (χ4v) is 2.13. The molecule has 0 spiro atoms. The molecule has 19 heavy (non-hydrogen) atoms. The van der Waals surface area contributed by atoms with E-state index in [1.165, 1.54) is 0 Å². The van der Waals surface area contributed by atoms with Crippen molar-refractivity contribution in [3.63, 3.8) is 0 Å². The summed E-state index contributed by atoms with van der Waals surface area (Å²) in [5.41, 5.74) is 3.93. The van der Waals surface area contributed by atoms with Crippen molar-refractivity contribution in [2.45, 2.75) is 26.7 Å². The van der Waals surface area contributed by atoms with Gasteiger partial charge in [0.05, 0.1) is 0 Å². The molecule has 0 bridgehead atoms. The first-order chi connectivity index (χ1) is 9.01. The lowest BCUT2D eigenvalue weighted by Crippen LogP contribution is -1.94. The average Bonchev–Trinajstić information content (AvgIpc) is 2.38. The Kier molecular flexibility index (Phi) is 4.33. The minimum atomic E-state index is 0.452. The molecule has 1 aromatic carbocycles. The second-order valence-electron chi connectivity index (χ2n) is 4.57. The molecule has 2 rings (SSSR count). The van der Waals surface area contributed by atoms with Crippen LogP contribution in [0.5, 0.6) is 11.6 Å². The van der Waals surface area contributed by atoms with Crippen molar-refractivity contribution in [1.82, 2.24) is 4.98 Å². The molecule has 4 heteroatoms. The van der Waals surface area contributed by atoms with Gasteiger partial charge in [-0.05, 0) is 55.7 Å². The topological polar surface area (TPSA) is 22.1 Å². The second-order valence-corrected chi connectivity index (χ2v) is 5.22. The Labute approximate surface area is 123 Å². The minimum Gasteiger partial charge on any atom is -0.439 e. The molecule has 0 unspecified atom stereocenters. The van der Waals surface area contributed by atoms with Crippen LogP contribution in [-0.4, -0.2) is 4.98 Å². The summed E-state index contributed by atoms with van der Waals surface area (Å²) in [4.78, 5) is 4.29. The summed E-state index contributed by atoms with van der Waals surface area (Å²) in [6, 6.07) is 5.79. The summed E-state index contributed by atoms with van der Waals surface area (Å²) >= 11 is 11.9. The monoisotopic (exact) mass is 295 g/mol. The maximum absolute atomic E-state index is 6.14. The van der Waals surface area contributed by atoms with Crippen LogP contribution < -0.4 is 4.74 Å². The normalized spacial score (nSPS) is 10.6. The number of nitrogens with zero attached hydrogens (tertiary/aromatic N) is 1. The van der Waals surface area contributed by atoms with Crippen LogP contribution in [0.4, 0.5) is 0 Å². The van der Waals surface area contributed by atoms with Crippen molar-refractivity contribution < 1.29 is 4.74 Å². The molecule has 0 saturated heterocycles. The van der Waals surface area contributed by atoms with Gasteiger partial charge in [-0.3, -0.25) is 0 Å². The van der Waals surface area contributed by atoms with Gasteiger partial charge >= 0.3 is 0 Å². The smallest absolute Gasteiger partial charge is 0.222 e. The van der Waals surface area contributed by atoms with Gasteiger partial charge in [0.15, 0.2) is 0 Å². The van der Waals surface area contributed by atoms with E-state index in [2.05, 4.69) is 4.98 Å². The van der Waals surface area contributed by atoms with E-state index in [0.717, 1.165) is 33.0 Å². The molecule has 1 aromatic heterocycles. The van der Waals surface area contributed by atoms with Gasteiger partial charge in [-0.25, -0.2) is 4.98 Å². The molecule has 0 aliphatic rings. The zero-order valence-corrected chi connectivity index (χ0v) is 12.6. The zero-order valence-electron chi connectivity index (χ0n) is 11.1. The van der Waals surface area contributed by atoms with E-state index in [1.54, 1.807) is 6.20 Å². The lowest BCUT2D eigenvalue weighted by atomic mass is 10.1. The highest BCUT2D eigenvalue weighted by molar-refractivity contribution is 6.32. The highest BCUT2D eigenvalue weighted by Crippen LogP contribution is 2.29. The number of hydrogen-bond donors (Lipinski definition) is 0. The highest BCUT2D eigenvalue weighted by atomic mass is 35.5. The predicted molar refractivity (Wildman–Crippen MR) is 79.5 cm³/mol. The van der Waals surface area contributed by atoms with E-state index < -0.39 is 0 Å². The summed E-state index contributed by atoms with van der Waals surface area (Å²) in [7, 11) is 0. The van der Waals surface area contributed by atoms with Crippen molar-refractivity contribution in [2.75, 3.05) is 0 Å². The van der Waals surface area contributed by atoms with Crippen LogP contribution >= 0.6 is 23.2 Å². The van der Waals surface area contributed by atoms with Crippen LogP contribution in [0.1, 0.15) is 22.3 Å². The minimum absolute atomic E-state index is 0.452. The molecule has 0 N–H and O–H groups in total. The maximum atomic E-state index is 6.14. The molecule has 0 aliphatic heterocycles. The van der Waals surface area contributed by atoms with E-state index in [0.29, 0.717) is 11.8 Å². The predicted octanol–water partition coefficient (Wildman–Crippen LogP) is 5.19. The second kappa shape index (κ2) is 5.81. The van der Waals surface area contributed by atoms with Gasteiger partial charge in [0, 0.05) is 22.7 Å². The van der Waals surface area contributed by atoms with Crippen molar-refractivity contribution in [3.05, 3.63) is 51.7 Å². The molecule has 100 valence electrons. The van der Waals surface area contributed by atoms with Crippen LogP contribution in [0, 0.1) is 20.8 Å². The maximum Gasteiger partial charge on any atom is 0.222 e. The first kappa shape index (κ1) is 14.2. The van der Waals surface area contributed by atoms with Gasteiger partial charge in [0.1, 0.15) is 5.75 Å². The molecule has 0 radical (unpaired) electrons. The molecule has 2 nitrogen and oxygen atoms in total. The first-order valence-electron chi connectivity index (χ1n) is 5.97. The molecule has 0 amide bonds. The fraction of sp³-hybridized carbons (Fsp3) is 0.267. The van der Waals surface area contributed by atoms with E-state index >= 15 is 0 Å². The summed E-state index contributed by atoms with van der Waals surface area (Å²) in [5, 5.41) is 0.773. The van der Waals surface area contributed by atoms with Crippen LogP contribution in [0.15, 0.2) is 24.4 Å². The molecule has 0 saturated carbocycles. The molecule has 0 atom stereocenters. The quantitative estimate of drug-likeness (QED) is 0.727. The third-order valence-electron chi connectivity index (χ3n) is 2.87. The van der Waals surface area contributed by atoms with Crippen LogP contribution in [0.25, 0.3) is 0 Å². The number of benzene rings is 1. The summed E-state index contributed by atoms with van der Waals surface area (Å²) < 4.78 is 5.81. The lowest BCUT2D eigenvalue weighted by Gasteiger charge is -2.11. The molecule has 1 heterocycles. The Hall–Kier alpha value is -1.25. The standard InChI is InChI=1S/C15H15Cl2NO/c1-9-5-13(6-10(2)14(9)17)19-15-11(3)4-12(7-16)8-18-15/h4-6,8H,7H2,1-3H3. The van der Waals surface area contributed by atoms with E-state index in [1.807, 2.05) is 39.0 Å². The van der Waals surface area contributed by atoms with Gasteiger partial charge in [-0.1, -0.05) is 11.6 Å². The summed E-state index contributed by atoms with van der Waals surface area (Å²) in [5.74, 6) is 1.79. The number of halogens is 2. The van der Waals surface area contributed by atoms with Crippen LogP contribution in [-0.2, 0) is 5.88 Å². The Morgan fingerprint density at radius 2 is 1.68 bits per heavy atom. The Morgan fingerprint density at radius 1 is 1.05 bits per heavy atom. The van der Waals surface area contributed by atoms with E-state index in [9.17, 15) is 0 Å². The number of hydrogen-bond acceptors (Lipinski definition) is 2. The SMILES string of the molecule is Cc1cc(CCl)cnc1Oc1cc(C)c(Cl)c(C)c1. The van der Waals surface area contributed by atoms with Crippen LogP contribution in [0.2, 0.25) is 5.02 Å². The van der Waals surface area contributed by atoms with Crippen molar-refractivity contribution in [1.29, 1.82) is 0 Å². The van der Waals surface area contributed by atoms with Gasteiger partial charge in [0.2, 0.25) is 5.88 Å². The van der Waals surface area contributed by atoms with E-state index in [4.69, 9.17) is 27.9 Å². The average molecular weight is 296 g/mol. The molecule has 0 aliphatic carbocycles. The first-order valence-corrected chi connectivity index (χ1v) is 6.88. The molecule has 0 fully saturated rings. The number of pyridine rings is 1. The number of aryl methyl sites for hydroxylation is 3. The lowest BCUT2D eigenvalue weighted by molar-refractivity contribution is 0.458. The summed E-state index contributed by atoms with van der Waals surface area (Å²) in [6.45, 7) is 5.87. The third kappa shape index (κ3) is 3.20. The molecular formula is C15H15Cl2NO. The highest BCUT2D eigenvalue weighted by Gasteiger charge is 2.07. The Balaban J connectivity index is 2.31. The third-order valence-corrected chi connectivity index (χ3v) is 3.77. The number of alkyl halides is 1. The van der Waals surface area contributed by atoms with Crippen molar-refractivity contribution in [3.8, 4) is 11.6 Å². The fourth-order valence-electron chi connectivity index (χ4n) is 1.88.